The van der Waals surface area contributed by atoms with E-state index in [2.05, 4.69) is 95.7 Å². The first-order valence-electron chi connectivity index (χ1n) is 42.2. The molecule has 0 radical (unpaired) electrons. The average molecular weight is 1820 g/mol. The molecule has 716 valence electrons. The molecular formula is C80H130N28O21. The van der Waals surface area contributed by atoms with Crippen LogP contribution in [0, 0.1) is 16.7 Å². The Balaban J connectivity index is 1.78. The number of rotatable bonds is 62. The number of aliphatic hydroxyl groups excluding tert-OH is 2. The van der Waals surface area contributed by atoms with Gasteiger partial charge >= 0.3 is 0 Å². The van der Waals surface area contributed by atoms with Gasteiger partial charge in [0.2, 0.25) is 112 Å². The smallest absolute Gasteiger partial charge is 0.246 e. The molecule has 0 spiro atoms. The van der Waals surface area contributed by atoms with Gasteiger partial charge in [-0.2, -0.15) is 0 Å². The van der Waals surface area contributed by atoms with Crippen LogP contribution >= 0.6 is 0 Å². The number of benzene rings is 2. The Hall–Kier alpha value is -13.3. The van der Waals surface area contributed by atoms with E-state index >= 15 is 0 Å². The Bertz CT molecular complexity index is 4160. The van der Waals surface area contributed by atoms with Crippen molar-refractivity contribution in [2.24, 2.45) is 51.8 Å². The lowest BCUT2D eigenvalue weighted by Gasteiger charge is -2.28. The summed E-state index contributed by atoms with van der Waals surface area (Å²) in [5.74, 6) is -19.4. The summed E-state index contributed by atoms with van der Waals surface area (Å²) in [6.07, 6.45) is -2.70. The van der Waals surface area contributed by atoms with Crippen LogP contribution in [0.3, 0.4) is 0 Å². The summed E-state index contributed by atoms with van der Waals surface area (Å²) in [4.78, 5) is 256. The summed E-state index contributed by atoms with van der Waals surface area (Å²) in [5.41, 5.74) is 44.0. The molecule has 19 amide bonds. The minimum Gasteiger partial charge on any atom is -0.394 e. The highest BCUT2D eigenvalue weighted by molar-refractivity contribution is 6.02. The van der Waals surface area contributed by atoms with Crippen molar-refractivity contribution >= 4 is 124 Å². The zero-order valence-electron chi connectivity index (χ0n) is 73.1. The predicted molar refractivity (Wildman–Crippen MR) is 466 cm³/mol. The Morgan fingerprint density at radius 3 is 1.27 bits per heavy atom. The number of unbranched alkanes of at least 4 members (excludes halogenated alkanes) is 2. The molecule has 0 saturated heterocycles. The Morgan fingerprint density at radius 2 is 0.806 bits per heavy atom. The lowest BCUT2D eigenvalue weighted by Crippen LogP contribution is -2.61. The summed E-state index contributed by atoms with van der Waals surface area (Å²) >= 11 is 0. The highest BCUT2D eigenvalue weighted by Gasteiger charge is 2.53. The van der Waals surface area contributed by atoms with Crippen molar-refractivity contribution in [3.8, 4) is 0 Å². The van der Waals surface area contributed by atoms with Gasteiger partial charge in [-0.1, -0.05) is 74.5 Å². The van der Waals surface area contributed by atoms with Crippen LogP contribution in [0.25, 0.3) is 0 Å². The molecule has 0 aliphatic heterocycles. The van der Waals surface area contributed by atoms with Crippen LogP contribution < -0.4 is 142 Å². The molecule has 49 heteroatoms. The van der Waals surface area contributed by atoms with Crippen molar-refractivity contribution in [3.05, 3.63) is 71.8 Å². The quantitative estimate of drug-likeness (QED) is 0.0166. The first kappa shape index (κ1) is 110. The fourth-order valence-electron chi connectivity index (χ4n) is 12.6. The molecule has 129 heavy (non-hydrogen) atoms. The summed E-state index contributed by atoms with van der Waals surface area (Å²) in [6, 6.07) is -2.31. The number of hydrogen-bond donors (Lipinski definition) is 30. The number of hydrogen-bond acceptors (Lipinski definition) is 26. The summed E-state index contributed by atoms with van der Waals surface area (Å²) in [5, 5.41) is 80.9. The molecule has 49 nitrogen and oxygen atoms in total. The van der Waals surface area contributed by atoms with Gasteiger partial charge < -0.3 is 152 Å². The largest absolute Gasteiger partial charge is 0.394 e. The summed E-state index contributed by atoms with van der Waals surface area (Å²) < 4.78 is 0. The Kier molecular flexibility index (Phi) is 48.9. The van der Waals surface area contributed by atoms with Crippen molar-refractivity contribution < 1.29 is 101 Å². The number of carbonyl (C=O) groups excluding carboxylic acids is 19. The molecular weight excluding hydrogens is 1690 g/mol. The molecule has 2 aromatic carbocycles. The van der Waals surface area contributed by atoms with Crippen LogP contribution in [0.15, 0.2) is 60.7 Å². The van der Waals surface area contributed by atoms with Gasteiger partial charge in [0.1, 0.15) is 78.0 Å². The summed E-state index contributed by atoms with van der Waals surface area (Å²) in [6.45, 7) is 4.12. The minimum atomic E-state index is -1.83. The molecule has 3 rings (SSSR count). The van der Waals surface area contributed by atoms with Crippen molar-refractivity contribution in [1.29, 1.82) is 10.8 Å². The zero-order chi connectivity index (χ0) is 96.6. The minimum absolute atomic E-state index is 0.00287. The van der Waals surface area contributed by atoms with Crippen LogP contribution in [0.1, 0.15) is 148 Å². The second kappa shape index (κ2) is 57.4. The molecule has 1 aliphatic carbocycles. The third kappa shape index (κ3) is 42.7. The van der Waals surface area contributed by atoms with Gasteiger partial charge in [0.15, 0.2) is 11.9 Å². The maximum absolute atomic E-state index is 14.5. The predicted octanol–water partition coefficient (Wildman–Crippen LogP) is -11.5. The first-order valence-corrected chi connectivity index (χ1v) is 42.2. The lowest BCUT2D eigenvalue weighted by molar-refractivity contribution is -0.137. The van der Waals surface area contributed by atoms with E-state index in [1.807, 2.05) is 0 Å². The fraction of sp³-hybridized carbons (Fsp3) is 0.588. The van der Waals surface area contributed by atoms with Crippen molar-refractivity contribution in [2.75, 3.05) is 52.4 Å². The van der Waals surface area contributed by atoms with Gasteiger partial charge in [0.05, 0.1) is 44.8 Å². The number of nitrogens with two attached hydrogens (primary N) is 8. The molecule has 38 N–H and O–H groups in total. The van der Waals surface area contributed by atoms with Crippen molar-refractivity contribution in [1.82, 2.24) is 95.7 Å². The maximum atomic E-state index is 14.5. The van der Waals surface area contributed by atoms with Gasteiger partial charge in [-0.15, -0.1) is 0 Å². The zero-order valence-corrected chi connectivity index (χ0v) is 73.1. The third-order valence-corrected chi connectivity index (χ3v) is 19.9. The number of carbonyl (C=O) groups is 19. The number of primary amides is 3. The van der Waals surface area contributed by atoms with Crippen LogP contribution in [0.2, 0.25) is 0 Å². The standard InChI is InChI=1S/C80H130N28O21/c1-42(2)34-54(72(124)97-44(4)66(118)103-56(37-59(85)112)73(125)99-49(64(86)116)26-27-58(84)111)104-69(121)50(22-12-14-30-81)102-71(123)53(25-17-33-92-79(89)90)106-77(129)80(28-29-80)108-75(127)57(41-109)105-70(122)51(23-13-15-31-82)101-68(120)52(24-16-32-91-78(87)88)100-65(117)43(3)96-61(114)40-95-76(128)63(45(5)110)107-74(126)55(36-47-20-10-7-11-21-47)98-62(115)39-93-60(113)38-94-67(119)48(83)35-46-18-8-6-9-19-46/h6-11,18-21,42-45,48-57,63,109-110H,12-17,22-41,81-83H2,1-5H3,(H2,84,111)(H2,85,112)(H2,86,116)(H,93,113)(H,94,119)(H,95,128)(H,96,114)(H,97,124)(H,98,115)(H,99,125)(H,100,117)(H,101,120)(H,102,123)(H,103,118)(H,104,121)(H,105,122)(H,106,129)(H,107,126)(H,108,127)(H4,87,88,91)(H4,89,90,92)/t43-,44-,45+,48-,49-,50-,51-,52-,53-,54-,55-,56-,57-,63-/m0/s1. The van der Waals surface area contributed by atoms with Gasteiger partial charge in [-0.25, -0.2) is 0 Å². The highest BCUT2D eigenvalue weighted by atomic mass is 16.3. The first-order chi connectivity index (χ1) is 60.9. The van der Waals surface area contributed by atoms with Gasteiger partial charge in [0, 0.05) is 25.9 Å². The van der Waals surface area contributed by atoms with Gasteiger partial charge in [-0.3, -0.25) is 102 Å². The van der Waals surface area contributed by atoms with E-state index in [0.717, 1.165) is 12.5 Å². The maximum Gasteiger partial charge on any atom is 0.246 e. The SMILES string of the molecule is CC(C)C[C@H](NC(=O)[C@H](CCCCN)NC(=O)[C@H](CCCNC(=N)N)NC(=O)C1(NC(=O)[C@H](CO)NC(=O)[C@H](CCCCN)NC(=O)[C@H](CCCNC(=N)N)NC(=O)[C@H](C)NC(=O)CNC(=O)[C@@H](NC(=O)[C@H](Cc2ccccc2)NC(=O)CNC(=O)CNC(=O)[C@@H](N)Cc2ccccc2)[C@@H](C)O)CC1)C(=O)N[C@@H](C)C(=O)N[C@@H](CC(N)=O)C(=O)N[C@@H](CCC(N)=O)C(N)=O. The van der Waals surface area contributed by atoms with E-state index in [4.69, 9.17) is 56.7 Å². The number of aliphatic hydroxyl groups is 2. The second-order valence-corrected chi connectivity index (χ2v) is 31.5. The molecule has 1 aliphatic rings. The van der Waals surface area contributed by atoms with Crippen LogP contribution in [-0.4, -0.2) is 277 Å². The normalized spacial score (nSPS) is 15.0. The highest BCUT2D eigenvalue weighted by Crippen LogP contribution is 2.36. The molecule has 2 aromatic rings. The fourth-order valence-corrected chi connectivity index (χ4v) is 12.6. The number of nitrogens with one attached hydrogen (secondary N) is 20. The Morgan fingerprint density at radius 1 is 0.395 bits per heavy atom. The van der Waals surface area contributed by atoms with E-state index in [9.17, 15) is 101 Å². The monoisotopic (exact) mass is 1820 g/mol. The summed E-state index contributed by atoms with van der Waals surface area (Å²) in [7, 11) is 0. The molecule has 14 atom stereocenters. The molecule has 0 unspecified atom stereocenters. The second-order valence-electron chi connectivity index (χ2n) is 31.5. The molecule has 0 heterocycles. The van der Waals surface area contributed by atoms with E-state index in [1.54, 1.807) is 74.5 Å². The lowest BCUT2D eigenvalue weighted by atomic mass is 10.0. The average Bonchev–Trinajstić information content (AvgIpc) is 1.62. The van der Waals surface area contributed by atoms with E-state index in [-0.39, 0.29) is 128 Å². The molecule has 0 bridgehead atoms. The number of amides is 19. The topological polar surface area (TPSA) is 837 Å². The van der Waals surface area contributed by atoms with Gasteiger partial charge in [-0.05, 0) is 147 Å². The van der Waals surface area contributed by atoms with Crippen LogP contribution in [0.4, 0.5) is 0 Å². The van der Waals surface area contributed by atoms with E-state index < -0.39 is 247 Å². The van der Waals surface area contributed by atoms with Crippen molar-refractivity contribution in [3.63, 3.8) is 0 Å². The Labute approximate surface area is 745 Å². The molecule has 0 aromatic heterocycles. The number of guanidine groups is 2. The van der Waals surface area contributed by atoms with E-state index in [0.29, 0.717) is 18.4 Å². The van der Waals surface area contributed by atoms with Gasteiger partial charge in [0.25, 0.3) is 0 Å². The van der Waals surface area contributed by atoms with Crippen LogP contribution in [0.5, 0.6) is 0 Å². The molecule has 1 saturated carbocycles. The third-order valence-electron chi connectivity index (χ3n) is 19.9. The van der Waals surface area contributed by atoms with E-state index in [1.165, 1.54) is 13.8 Å². The molecule has 1 fully saturated rings. The van der Waals surface area contributed by atoms with Crippen LogP contribution in [-0.2, 0) is 104 Å². The van der Waals surface area contributed by atoms with Crippen molar-refractivity contribution in [2.45, 2.75) is 240 Å².